The Morgan fingerprint density at radius 2 is 2.18 bits per heavy atom. The third kappa shape index (κ3) is 4.75. The van der Waals surface area contributed by atoms with Gasteiger partial charge in [-0.3, -0.25) is 4.79 Å². The number of aliphatic carboxylic acids is 1. The fraction of sp³-hybridized carbons (Fsp3) is 0.857. The van der Waals surface area contributed by atoms with Crippen molar-refractivity contribution in [2.75, 3.05) is 0 Å². The Balaban J connectivity index is 3.63. The van der Waals surface area contributed by atoms with Crippen LogP contribution in [0.15, 0.2) is 0 Å². The van der Waals surface area contributed by atoms with Crippen molar-refractivity contribution in [3.05, 3.63) is 0 Å². The van der Waals surface area contributed by atoms with Gasteiger partial charge < -0.3 is 15.9 Å². The first-order valence-electron chi connectivity index (χ1n) is 3.73. The highest BCUT2D eigenvalue weighted by Gasteiger charge is 2.16. The van der Waals surface area contributed by atoms with Crippen LogP contribution in [0, 0.1) is 0 Å². The number of rotatable bonds is 5. The van der Waals surface area contributed by atoms with Crippen molar-refractivity contribution >= 4 is 5.97 Å². The van der Waals surface area contributed by atoms with Crippen LogP contribution in [0.25, 0.3) is 0 Å². The summed E-state index contributed by atoms with van der Waals surface area (Å²) >= 11 is 0. The topological polar surface area (TPSA) is 83.5 Å². The van der Waals surface area contributed by atoms with Gasteiger partial charge in [0.2, 0.25) is 0 Å². The normalized spacial score (nSPS) is 15.9. The van der Waals surface area contributed by atoms with Crippen molar-refractivity contribution in [1.29, 1.82) is 0 Å². The summed E-state index contributed by atoms with van der Waals surface area (Å²) < 4.78 is 0. The van der Waals surface area contributed by atoms with Crippen LogP contribution in [0.3, 0.4) is 0 Å². The number of carboxylic acid groups (broad SMARTS) is 1. The number of carbonyl (C=O) groups is 1. The van der Waals surface area contributed by atoms with Gasteiger partial charge in [0, 0.05) is 6.04 Å². The summed E-state index contributed by atoms with van der Waals surface area (Å²) in [6.07, 6.45) is 0.348. The smallest absolute Gasteiger partial charge is 0.306 e. The molecule has 2 atom stereocenters. The lowest BCUT2D eigenvalue weighted by molar-refractivity contribution is -0.139. The fourth-order valence-electron chi connectivity index (χ4n) is 0.856. The Morgan fingerprint density at radius 1 is 1.64 bits per heavy atom. The lowest BCUT2D eigenvalue weighted by Crippen LogP contribution is -2.35. The highest BCUT2D eigenvalue weighted by molar-refractivity contribution is 5.67. The van der Waals surface area contributed by atoms with Crippen LogP contribution in [0.1, 0.15) is 26.2 Å². The molecule has 0 aromatic carbocycles. The number of nitrogens with two attached hydrogens (primary N) is 1. The molecule has 0 aliphatic carbocycles. The molecule has 0 spiro atoms. The zero-order valence-corrected chi connectivity index (χ0v) is 6.66. The average molecular weight is 161 g/mol. The van der Waals surface area contributed by atoms with Gasteiger partial charge >= 0.3 is 5.97 Å². The molecule has 4 heteroatoms. The molecular formula is C7H15NO3. The molecule has 11 heavy (non-hydrogen) atoms. The zero-order chi connectivity index (χ0) is 8.85. The van der Waals surface area contributed by atoms with E-state index in [1.807, 2.05) is 6.92 Å². The first kappa shape index (κ1) is 10.4. The standard InChI is InChI=1S/C7H15NO3/c1-2-3-5(8)6(9)4-7(10)11/h5-6,9H,2-4,8H2,1H3,(H,10,11)/t5-,6-/m0/s1. The monoisotopic (exact) mass is 161 g/mol. The van der Waals surface area contributed by atoms with Crippen LogP contribution in [-0.2, 0) is 4.79 Å². The summed E-state index contributed by atoms with van der Waals surface area (Å²) in [6, 6.07) is -0.406. The minimum atomic E-state index is -1.01. The van der Waals surface area contributed by atoms with E-state index in [1.165, 1.54) is 0 Å². The minimum Gasteiger partial charge on any atom is -0.481 e. The van der Waals surface area contributed by atoms with Crippen molar-refractivity contribution in [1.82, 2.24) is 0 Å². The summed E-state index contributed by atoms with van der Waals surface area (Å²) in [5.41, 5.74) is 5.46. The van der Waals surface area contributed by atoms with E-state index in [0.29, 0.717) is 6.42 Å². The Labute approximate surface area is 66.0 Å². The lowest BCUT2D eigenvalue weighted by atomic mass is 10.0. The van der Waals surface area contributed by atoms with E-state index in [2.05, 4.69) is 0 Å². The molecule has 0 aromatic heterocycles. The van der Waals surface area contributed by atoms with E-state index in [1.54, 1.807) is 0 Å². The second kappa shape index (κ2) is 5.09. The number of aliphatic hydroxyl groups is 1. The number of hydrogen-bond donors (Lipinski definition) is 3. The summed E-state index contributed by atoms with van der Waals surface area (Å²) in [5.74, 6) is -1.01. The molecule has 0 aromatic rings. The first-order chi connectivity index (χ1) is 5.07. The molecule has 0 saturated heterocycles. The maximum atomic E-state index is 10.1. The number of carboxylic acids is 1. The van der Waals surface area contributed by atoms with Gasteiger partial charge in [-0.15, -0.1) is 0 Å². The molecule has 0 aliphatic heterocycles. The van der Waals surface area contributed by atoms with Crippen LogP contribution < -0.4 is 5.73 Å². The quantitative estimate of drug-likeness (QED) is 0.528. The van der Waals surface area contributed by atoms with Crippen LogP contribution in [-0.4, -0.2) is 28.3 Å². The molecule has 4 N–H and O–H groups in total. The molecule has 0 radical (unpaired) electrons. The Kier molecular flexibility index (Phi) is 4.81. The molecule has 4 nitrogen and oxygen atoms in total. The van der Waals surface area contributed by atoms with Gasteiger partial charge in [-0.1, -0.05) is 13.3 Å². The van der Waals surface area contributed by atoms with Gasteiger partial charge in [-0.05, 0) is 6.42 Å². The highest BCUT2D eigenvalue weighted by atomic mass is 16.4. The van der Waals surface area contributed by atoms with Crippen LogP contribution in [0.2, 0.25) is 0 Å². The van der Waals surface area contributed by atoms with Crippen molar-refractivity contribution < 1.29 is 15.0 Å². The molecule has 0 heterocycles. The van der Waals surface area contributed by atoms with E-state index in [0.717, 1.165) is 6.42 Å². The maximum absolute atomic E-state index is 10.1. The van der Waals surface area contributed by atoms with Gasteiger partial charge in [0.05, 0.1) is 12.5 Å². The third-order valence-electron chi connectivity index (χ3n) is 1.50. The van der Waals surface area contributed by atoms with Gasteiger partial charge in [-0.25, -0.2) is 0 Å². The van der Waals surface area contributed by atoms with E-state index < -0.39 is 18.1 Å². The van der Waals surface area contributed by atoms with Gasteiger partial charge in [0.1, 0.15) is 0 Å². The molecule has 0 fully saturated rings. The highest BCUT2D eigenvalue weighted by Crippen LogP contribution is 2.02. The van der Waals surface area contributed by atoms with Crippen molar-refractivity contribution in [3.8, 4) is 0 Å². The van der Waals surface area contributed by atoms with Gasteiger partial charge in [0.15, 0.2) is 0 Å². The van der Waals surface area contributed by atoms with E-state index in [9.17, 15) is 4.79 Å². The van der Waals surface area contributed by atoms with Gasteiger partial charge in [0.25, 0.3) is 0 Å². The summed E-state index contributed by atoms with van der Waals surface area (Å²) in [7, 11) is 0. The van der Waals surface area contributed by atoms with E-state index in [4.69, 9.17) is 15.9 Å². The second-order valence-corrected chi connectivity index (χ2v) is 2.62. The van der Waals surface area contributed by atoms with Crippen molar-refractivity contribution in [2.24, 2.45) is 5.73 Å². The summed E-state index contributed by atoms with van der Waals surface area (Å²) in [5, 5.41) is 17.4. The summed E-state index contributed by atoms with van der Waals surface area (Å²) in [6.45, 7) is 1.94. The lowest BCUT2D eigenvalue weighted by Gasteiger charge is -2.15. The number of hydrogen-bond acceptors (Lipinski definition) is 3. The van der Waals surface area contributed by atoms with Crippen LogP contribution in [0.4, 0.5) is 0 Å². The second-order valence-electron chi connectivity index (χ2n) is 2.62. The van der Waals surface area contributed by atoms with E-state index in [-0.39, 0.29) is 6.42 Å². The zero-order valence-electron chi connectivity index (χ0n) is 6.66. The largest absolute Gasteiger partial charge is 0.481 e. The van der Waals surface area contributed by atoms with Crippen LogP contribution >= 0.6 is 0 Å². The third-order valence-corrected chi connectivity index (χ3v) is 1.50. The SMILES string of the molecule is CCC[C@H](N)[C@@H](O)CC(=O)O. The predicted octanol–water partition coefficient (Wildman–Crippen LogP) is -0.0506. The average Bonchev–Trinajstić information content (AvgIpc) is 1.86. The molecule has 0 amide bonds. The maximum Gasteiger partial charge on any atom is 0.306 e. The molecular weight excluding hydrogens is 146 g/mol. The van der Waals surface area contributed by atoms with E-state index >= 15 is 0 Å². The van der Waals surface area contributed by atoms with Crippen molar-refractivity contribution in [2.45, 2.75) is 38.3 Å². The minimum absolute atomic E-state index is 0.263. The van der Waals surface area contributed by atoms with Crippen LogP contribution in [0.5, 0.6) is 0 Å². The molecule has 0 aliphatic rings. The Hall–Kier alpha value is -0.610. The Morgan fingerprint density at radius 3 is 2.55 bits per heavy atom. The molecule has 0 bridgehead atoms. The first-order valence-corrected chi connectivity index (χ1v) is 3.73. The fourth-order valence-corrected chi connectivity index (χ4v) is 0.856. The Bertz CT molecular complexity index is 127. The molecule has 0 rings (SSSR count). The van der Waals surface area contributed by atoms with Crippen molar-refractivity contribution in [3.63, 3.8) is 0 Å². The predicted molar refractivity (Wildman–Crippen MR) is 41.1 cm³/mol. The van der Waals surface area contributed by atoms with Gasteiger partial charge in [-0.2, -0.15) is 0 Å². The summed E-state index contributed by atoms with van der Waals surface area (Å²) in [4.78, 5) is 10.1. The molecule has 0 saturated carbocycles. The molecule has 66 valence electrons. The molecule has 0 unspecified atom stereocenters. The number of aliphatic hydroxyl groups excluding tert-OH is 1.